The van der Waals surface area contributed by atoms with Crippen LogP contribution in [0, 0.1) is 0 Å². The monoisotopic (exact) mass is 825 g/mol. The number of hydrogen-bond donors (Lipinski definition) is 8. The number of aliphatic hydroxyl groups is 4. The van der Waals surface area contributed by atoms with E-state index in [1.54, 1.807) is 10.9 Å². The van der Waals surface area contributed by atoms with E-state index < -0.39 is 90.8 Å². The van der Waals surface area contributed by atoms with Crippen LogP contribution in [0.2, 0.25) is 0 Å². The van der Waals surface area contributed by atoms with E-state index in [0.717, 1.165) is 68.9 Å². The van der Waals surface area contributed by atoms with E-state index in [-0.39, 0.29) is 12.2 Å². The molecule has 2 aromatic rings. The molecule has 27 heteroatoms. The lowest BCUT2D eigenvalue weighted by Gasteiger charge is -2.28. The molecule has 5 rings (SSSR count). The molecule has 3 aliphatic heterocycles. The molecule has 0 saturated carbocycles. The highest BCUT2D eigenvalue weighted by Gasteiger charge is 2.52. The Morgan fingerprint density at radius 1 is 0.911 bits per heavy atom. The zero-order valence-corrected chi connectivity index (χ0v) is 29.0. The summed E-state index contributed by atoms with van der Waals surface area (Å²) in [5.74, 6) is -5.51. The highest BCUT2D eigenvalue weighted by Crippen LogP contribution is 2.39. The van der Waals surface area contributed by atoms with Gasteiger partial charge in [0, 0.05) is 38.4 Å². The first-order valence-electron chi connectivity index (χ1n) is 16.7. The average Bonchev–Trinajstić information content (AvgIpc) is 3.79. The Hall–Kier alpha value is -4.06. The third-order valence-corrected chi connectivity index (χ3v) is 8.33. The van der Waals surface area contributed by atoms with E-state index in [2.05, 4.69) is 20.2 Å². The Kier molecular flexibility index (Phi) is 16.9. The van der Waals surface area contributed by atoms with Crippen LogP contribution in [-0.2, 0) is 35.1 Å². The molecule has 0 aromatic carbocycles. The third kappa shape index (κ3) is 13.0. The second-order valence-electron chi connectivity index (χ2n) is 12.3. The molecular formula is C29H41F6N7O14. The predicted molar refractivity (Wildman–Crippen MR) is 169 cm³/mol. The lowest BCUT2D eigenvalue weighted by molar-refractivity contribution is -0.224. The molecule has 318 valence electrons. The topological polar surface area (TPSA) is 307 Å². The molecule has 0 radical (unpaired) electrons. The maximum atomic E-state index is 12.4. The smallest absolute Gasteiger partial charge is 0.475 e. The lowest BCUT2D eigenvalue weighted by atomic mass is 10.0. The number of nitrogens with zero attached hydrogens (tertiary/aromatic N) is 5. The fourth-order valence-electron chi connectivity index (χ4n) is 5.44. The molecule has 0 amide bonds. The number of aromatic nitrogens is 5. The van der Waals surface area contributed by atoms with Gasteiger partial charge in [0.15, 0.2) is 12.5 Å². The molecule has 9 atom stereocenters. The number of carboxylic acids is 2. The first kappa shape index (κ1) is 46.3. The van der Waals surface area contributed by atoms with Crippen LogP contribution in [0.4, 0.5) is 26.3 Å². The maximum absolute atomic E-state index is 12.4. The fraction of sp³-hybridized carbons (Fsp3) is 0.724. The summed E-state index contributed by atoms with van der Waals surface area (Å²) in [6.45, 7) is 4.89. The van der Waals surface area contributed by atoms with Gasteiger partial charge >= 0.3 is 30.0 Å². The summed E-state index contributed by atoms with van der Waals surface area (Å²) in [7, 11) is 0. The number of alkyl halides is 6. The zero-order valence-electron chi connectivity index (χ0n) is 29.0. The van der Waals surface area contributed by atoms with Gasteiger partial charge < -0.3 is 55.3 Å². The molecule has 0 unspecified atom stereocenters. The molecule has 0 spiro atoms. The summed E-state index contributed by atoms with van der Waals surface area (Å²) in [6, 6.07) is 1.08. The van der Waals surface area contributed by atoms with Crippen LogP contribution in [-0.4, -0.2) is 167 Å². The molecule has 3 saturated heterocycles. The summed E-state index contributed by atoms with van der Waals surface area (Å²) >= 11 is 0. The minimum atomic E-state index is -5.08. The lowest BCUT2D eigenvalue weighted by Crippen LogP contribution is -2.40. The van der Waals surface area contributed by atoms with E-state index in [0.29, 0.717) is 6.54 Å². The molecule has 3 aliphatic rings. The normalized spacial score (nSPS) is 27.5. The molecular weight excluding hydrogens is 784 g/mol. The number of halogens is 6. The van der Waals surface area contributed by atoms with Crippen LogP contribution >= 0.6 is 0 Å². The van der Waals surface area contributed by atoms with Gasteiger partial charge in [-0.3, -0.25) is 23.9 Å². The number of aryl methyl sites for hydroxylation is 1. The van der Waals surface area contributed by atoms with Gasteiger partial charge in [-0.25, -0.2) is 14.4 Å². The number of hydrogen-bond acceptors (Lipinski definition) is 16. The Bertz CT molecular complexity index is 1650. The molecule has 21 nitrogen and oxygen atoms in total. The van der Waals surface area contributed by atoms with Gasteiger partial charge in [0.25, 0.3) is 5.56 Å². The molecule has 9 N–H and O–H groups in total. The van der Waals surface area contributed by atoms with Crippen molar-refractivity contribution < 1.29 is 85.5 Å². The Balaban J connectivity index is 0.000000512. The quantitative estimate of drug-likeness (QED) is 0.0823. The zero-order chi connectivity index (χ0) is 42.0. The molecule has 5 heterocycles. The van der Waals surface area contributed by atoms with Gasteiger partial charge in [0.2, 0.25) is 0 Å². The number of carboxylic acid groups (broad SMARTS) is 2. The fourth-order valence-corrected chi connectivity index (χ4v) is 5.44. The van der Waals surface area contributed by atoms with Crippen LogP contribution in [0.5, 0.6) is 0 Å². The summed E-state index contributed by atoms with van der Waals surface area (Å²) in [6.07, 6.45) is -16.8. The Morgan fingerprint density at radius 3 is 2.04 bits per heavy atom. The van der Waals surface area contributed by atoms with Crippen molar-refractivity contribution in [2.45, 2.75) is 93.4 Å². The summed E-state index contributed by atoms with van der Waals surface area (Å²) in [4.78, 5) is 46.1. The molecule has 2 aromatic heterocycles. The number of aliphatic hydroxyl groups excluding tert-OH is 4. The molecule has 56 heavy (non-hydrogen) atoms. The second-order valence-corrected chi connectivity index (χ2v) is 12.3. The van der Waals surface area contributed by atoms with Crippen LogP contribution in [0.3, 0.4) is 0 Å². The number of unbranched alkanes of at least 4 members (excludes halogenated alkanes) is 2. The minimum Gasteiger partial charge on any atom is -0.475 e. The van der Waals surface area contributed by atoms with Crippen molar-refractivity contribution in [2.75, 3.05) is 39.4 Å². The number of aliphatic carboxylic acids is 2. The van der Waals surface area contributed by atoms with Gasteiger partial charge in [-0.05, 0) is 19.4 Å². The molecule has 0 bridgehead atoms. The van der Waals surface area contributed by atoms with Gasteiger partial charge in [-0.15, -0.1) is 5.10 Å². The predicted octanol–water partition coefficient (Wildman–Crippen LogP) is -2.32. The van der Waals surface area contributed by atoms with E-state index in [4.69, 9.17) is 44.5 Å². The first-order valence-corrected chi connectivity index (χ1v) is 16.7. The van der Waals surface area contributed by atoms with Gasteiger partial charge in [0.1, 0.15) is 48.4 Å². The van der Waals surface area contributed by atoms with Crippen LogP contribution in [0.1, 0.15) is 37.3 Å². The number of aromatic amines is 1. The number of morpholine rings is 1. The highest BCUT2D eigenvalue weighted by molar-refractivity contribution is 5.73. The minimum absolute atomic E-state index is 0.0804. The SMILES string of the molecule is NC[C@H]1O[C@@H](O[C@@H](c2cn(CCCCCN3CCOCC3)nn2)[C@H]2O[C@@H](n3ccc(=O)[nH]c3=O)[C@H](O)[C@@H]2O)[C@H](O)[C@@H]1O.O=C(O)C(F)(F)F.O=C(O)C(F)(F)F. The van der Waals surface area contributed by atoms with Crippen molar-refractivity contribution in [3.8, 4) is 0 Å². The Morgan fingerprint density at radius 2 is 1.50 bits per heavy atom. The van der Waals surface area contributed by atoms with Crippen molar-refractivity contribution in [1.29, 1.82) is 0 Å². The van der Waals surface area contributed by atoms with Gasteiger partial charge in [-0.1, -0.05) is 11.6 Å². The average molecular weight is 826 g/mol. The first-order chi connectivity index (χ1) is 26.1. The van der Waals surface area contributed by atoms with Crippen molar-refractivity contribution in [3.63, 3.8) is 0 Å². The number of nitrogens with two attached hydrogens (primary N) is 1. The number of ether oxygens (including phenoxy) is 4. The van der Waals surface area contributed by atoms with Crippen molar-refractivity contribution in [2.24, 2.45) is 5.73 Å². The Labute approximate surface area is 310 Å². The highest BCUT2D eigenvalue weighted by atomic mass is 19.4. The van der Waals surface area contributed by atoms with Crippen molar-refractivity contribution in [1.82, 2.24) is 29.4 Å². The molecule has 0 aliphatic carbocycles. The van der Waals surface area contributed by atoms with Crippen molar-refractivity contribution >= 4 is 11.9 Å². The van der Waals surface area contributed by atoms with E-state index in [1.807, 2.05) is 0 Å². The number of carbonyl (C=O) groups is 2. The summed E-state index contributed by atoms with van der Waals surface area (Å²) in [5.41, 5.74) is 4.35. The molecule has 3 fully saturated rings. The van der Waals surface area contributed by atoms with E-state index >= 15 is 0 Å². The van der Waals surface area contributed by atoms with E-state index in [1.165, 1.54) is 0 Å². The largest absolute Gasteiger partial charge is 0.490 e. The summed E-state index contributed by atoms with van der Waals surface area (Å²) in [5, 5.41) is 65.2. The summed E-state index contributed by atoms with van der Waals surface area (Å²) < 4.78 is 88.9. The second kappa shape index (κ2) is 20.4. The van der Waals surface area contributed by atoms with Gasteiger partial charge in [-0.2, -0.15) is 26.3 Å². The number of rotatable bonds is 12. The van der Waals surface area contributed by atoms with Crippen LogP contribution < -0.4 is 17.0 Å². The third-order valence-electron chi connectivity index (χ3n) is 8.33. The van der Waals surface area contributed by atoms with Crippen LogP contribution in [0.25, 0.3) is 0 Å². The number of nitrogens with one attached hydrogen (secondary N) is 1. The maximum Gasteiger partial charge on any atom is 0.490 e. The van der Waals surface area contributed by atoms with Crippen LogP contribution in [0.15, 0.2) is 28.0 Å². The van der Waals surface area contributed by atoms with E-state index in [9.17, 15) is 56.4 Å². The number of H-pyrrole nitrogens is 1. The van der Waals surface area contributed by atoms with Gasteiger partial charge in [0.05, 0.1) is 19.4 Å². The van der Waals surface area contributed by atoms with Crippen molar-refractivity contribution in [3.05, 3.63) is 45.0 Å². The standard InChI is InChI=1S/C25H39N7O10.2C2HF3O2/c26-12-15-17(34)20(37)24(40-15)42-21(22-18(35)19(36)23(41-22)32-7-4-16(33)27-25(32)38)14-13-31(29-28-14)6-3-1-2-5-30-8-10-39-11-9-30;2*3-2(4,5)1(6)7/h4,7,13,15,17-24,34-37H,1-3,5-6,8-12,26H2,(H,27,33,38);2*(H,6,7)/t15-,17-,18+,19-,20-,21+,22+,23-,24+;;/m1../s1.